The van der Waals surface area contributed by atoms with Crippen molar-refractivity contribution < 1.29 is 17.7 Å². The first kappa shape index (κ1) is 24.5. The number of halogens is 1. The molecular formula is C23H20FN5O4S2. The molecule has 0 fully saturated rings. The van der Waals surface area contributed by atoms with Crippen LogP contribution in [-0.2, 0) is 15.8 Å². The SMILES string of the molecule is CC(NS(=O)(=O)c1ccccc1)c1nnc(SCc2ccc(F)cc2)n1-c1ccc([N+](=O)[O-])cc1. The topological polar surface area (TPSA) is 120 Å². The third-order valence-electron chi connectivity index (χ3n) is 5.03. The Morgan fingerprint density at radius 2 is 1.69 bits per heavy atom. The minimum atomic E-state index is -3.84. The molecule has 12 heteroatoms. The van der Waals surface area contributed by atoms with Gasteiger partial charge in [-0.05, 0) is 48.9 Å². The Bertz CT molecular complexity index is 1430. The van der Waals surface area contributed by atoms with E-state index in [9.17, 15) is 22.9 Å². The van der Waals surface area contributed by atoms with Gasteiger partial charge in [-0.3, -0.25) is 14.7 Å². The maximum atomic E-state index is 13.2. The van der Waals surface area contributed by atoms with E-state index in [1.807, 2.05) is 0 Å². The van der Waals surface area contributed by atoms with Crippen molar-refractivity contribution in [3.8, 4) is 5.69 Å². The lowest BCUT2D eigenvalue weighted by Crippen LogP contribution is -2.28. The quantitative estimate of drug-likeness (QED) is 0.197. The first-order valence-corrected chi connectivity index (χ1v) is 12.9. The monoisotopic (exact) mass is 513 g/mol. The molecule has 35 heavy (non-hydrogen) atoms. The van der Waals surface area contributed by atoms with Crippen LogP contribution in [0, 0.1) is 15.9 Å². The fraction of sp³-hybridized carbons (Fsp3) is 0.130. The van der Waals surface area contributed by atoms with Gasteiger partial charge in [0.05, 0.1) is 15.9 Å². The summed E-state index contributed by atoms with van der Waals surface area (Å²) in [5, 5.41) is 20.0. The predicted molar refractivity (Wildman–Crippen MR) is 129 cm³/mol. The molecule has 0 bridgehead atoms. The van der Waals surface area contributed by atoms with Gasteiger partial charge in [-0.2, -0.15) is 0 Å². The maximum Gasteiger partial charge on any atom is 0.269 e. The molecule has 4 rings (SSSR count). The molecule has 0 saturated carbocycles. The standard InChI is InChI=1S/C23H20FN5O4S2/c1-16(27-35(32,33)21-5-3-2-4-6-21)22-25-26-23(34-15-17-7-9-18(24)10-8-17)28(22)19-11-13-20(14-12-19)29(30)31/h2-14,16,27H,15H2,1H3. The number of rotatable bonds is 9. The molecule has 180 valence electrons. The Balaban J connectivity index is 1.68. The van der Waals surface area contributed by atoms with E-state index in [4.69, 9.17) is 0 Å². The smallest absolute Gasteiger partial charge is 0.269 e. The molecule has 0 aliphatic heterocycles. The number of benzene rings is 3. The summed E-state index contributed by atoms with van der Waals surface area (Å²) in [4.78, 5) is 10.7. The average Bonchev–Trinajstić information content (AvgIpc) is 3.28. The highest BCUT2D eigenvalue weighted by atomic mass is 32.2. The first-order chi connectivity index (χ1) is 16.7. The highest BCUT2D eigenvalue weighted by molar-refractivity contribution is 7.98. The zero-order chi connectivity index (χ0) is 25.0. The van der Waals surface area contributed by atoms with Gasteiger partial charge in [0.1, 0.15) is 5.82 Å². The molecule has 4 aromatic rings. The van der Waals surface area contributed by atoms with Crippen LogP contribution in [0.4, 0.5) is 10.1 Å². The Morgan fingerprint density at radius 1 is 1.03 bits per heavy atom. The second-order valence-electron chi connectivity index (χ2n) is 7.52. The summed E-state index contributed by atoms with van der Waals surface area (Å²) in [6.07, 6.45) is 0. The molecule has 0 amide bonds. The van der Waals surface area contributed by atoms with Crippen molar-refractivity contribution in [2.75, 3.05) is 0 Å². The normalized spacial score (nSPS) is 12.4. The highest BCUT2D eigenvalue weighted by Gasteiger charge is 2.25. The molecule has 1 heterocycles. The van der Waals surface area contributed by atoms with E-state index >= 15 is 0 Å². The fourth-order valence-electron chi connectivity index (χ4n) is 3.30. The van der Waals surface area contributed by atoms with Gasteiger partial charge in [-0.1, -0.05) is 42.1 Å². The molecule has 1 unspecified atom stereocenters. The lowest BCUT2D eigenvalue weighted by atomic mass is 10.2. The average molecular weight is 514 g/mol. The summed E-state index contributed by atoms with van der Waals surface area (Å²) in [6.45, 7) is 1.64. The van der Waals surface area contributed by atoms with Gasteiger partial charge in [-0.25, -0.2) is 17.5 Å². The van der Waals surface area contributed by atoms with Gasteiger partial charge in [0, 0.05) is 23.6 Å². The summed E-state index contributed by atoms with van der Waals surface area (Å²) in [7, 11) is -3.84. The Morgan fingerprint density at radius 3 is 2.31 bits per heavy atom. The highest BCUT2D eigenvalue weighted by Crippen LogP contribution is 2.29. The van der Waals surface area contributed by atoms with Crippen molar-refractivity contribution in [1.82, 2.24) is 19.5 Å². The number of hydrogen-bond acceptors (Lipinski definition) is 7. The third-order valence-corrected chi connectivity index (χ3v) is 7.59. The summed E-state index contributed by atoms with van der Waals surface area (Å²) in [5.41, 5.74) is 1.30. The van der Waals surface area contributed by atoms with E-state index in [1.165, 1.54) is 48.2 Å². The second kappa shape index (κ2) is 10.3. The Labute approximate surface area is 205 Å². The molecular weight excluding hydrogens is 493 g/mol. The number of aromatic nitrogens is 3. The largest absolute Gasteiger partial charge is 0.273 e. The zero-order valence-corrected chi connectivity index (χ0v) is 20.0. The number of nitrogens with one attached hydrogen (secondary N) is 1. The van der Waals surface area contributed by atoms with Crippen LogP contribution in [0.25, 0.3) is 5.69 Å². The number of non-ortho nitro benzene ring substituents is 1. The molecule has 1 atom stereocenters. The van der Waals surface area contributed by atoms with Crippen molar-refractivity contribution in [2.24, 2.45) is 0 Å². The minimum absolute atomic E-state index is 0.0817. The molecule has 1 aromatic heterocycles. The minimum Gasteiger partial charge on any atom is -0.273 e. The molecule has 3 aromatic carbocycles. The van der Waals surface area contributed by atoms with E-state index in [0.717, 1.165) is 5.56 Å². The molecule has 0 radical (unpaired) electrons. The lowest BCUT2D eigenvalue weighted by Gasteiger charge is -2.16. The van der Waals surface area contributed by atoms with Crippen LogP contribution < -0.4 is 4.72 Å². The Hall–Kier alpha value is -3.61. The summed E-state index contributed by atoms with van der Waals surface area (Å²) < 4.78 is 43.2. The van der Waals surface area contributed by atoms with Crippen LogP contribution in [0.5, 0.6) is 0 Å². The molecule has 0 spiro atoms. The number of nitrogens with zero attached hydrogens (tertiary/aromatic N) is 4. The summed E-state index contributed by atoms with van der Waals surface area (Å²) >= 11 is 1.32. The van der Waals surface area contributed by atoms with Crippen LogP contribution in [0.1, 0.15) is 24.4 Å². The molecule has 0 saturated heterocycles. The number of nitro groups is 1. The van der Waals surface area contributed by atoms with Crippen LogP contribution in [0.15, 0.2) is 88.9 Å². The molecule has 0 aliphatic rings. The van der Waals surface area contributed by atoms with E-state index in [-0.39, 0.29) is 16.4 Å². The van der Waals surface area contributed by atoms with E-state index < -0.39 is 21.0 Å². The number of sulfonamides is 1. The fourth-order valence-corrected chi connectivity index (χ4v) is 5.44. The Kier molecular flexibility index (Phi) is 7.24. The van der Waals surface area contributed by atoms with Crippen LogP contribution in [0.3, 0.4) is 0 Å². The summed E-state index contributed by atoms with van der Waals surface area (Å²) in [6, 6.07) is 19.0. The van der Waals surface area contributed by atoms with Crippen LogP contribution in [0.2, 0.25) is 0 Å². The molecule has 0 aliphatic carbocycles. The van der Waals surface area contributed by atoms with Crippen molar-refractivity contribution >= 4 is 27.5 Å². The van der Waals surface area contributed by atoms with E-state index in [1.54, 1.807) is 54.0 Å². The van der Waals surface area contributed by atoms with E-state index in [0.29, 0.717) is 22.4 Å². The number of hydrogen-bond donors (Lipinski definition) is 1. The van der Waals surface area contributed by atoms with Gasteiger partial charge >= 0.3 is 0 Å². The van der Waals surface area contributed by atoms with Gasteiger partial charge in [0.15, 0.2) is 11.0 Å². The maximum absolute atomic E-state index is 13.2. The van der Waals surface area contributed by atoms with Crippen molar-refractivity contribution in [3.05, 3.63) is 106 Å². The predicted octanol–water partition coefficient (Wildman–Crippen LogP) is 4.65. The van der Waals surface area contributed by atoms with Crippen molar-refractivity contribution in [1.29, 1.82) is 0 Å². The second-order valence-corrected chi connectivity index (χ2v) is 10.2. The van der Waals surface area contributed by atoms with Gasteiger partial charge in [0.2, 0.25) is 10.0 Å². The number of thioether (sulfide) groups is 1. The summed E-state index contributed by atoms with van der Waals surface area (Å²) in [5.74, 6) is 0.421. The van der Waals surface area contributed by atoms with Crippen LogP contribution in [-0.4, -0.2) is 28.1 Å². The van der Waals surface area contributed by atoms with Gasteiger partial charge < -0.3 is 0 Å². The van der Waals surface area contributed by atoms with Crippen molar-refractivity contribution in [2.45, 2.75) is 28.8 Å². The third kappa shape index (κ3) is 5.73. The van der Waals surface area contributed by atoms with Crippen molar-refractivity contribution in [3.63, 3.8) is 0 Å². The lowest BCUT2D eigenvalue weighted by molar-refractivity contribution is -0.384. The molecule has 9 nitrogen and oxygen atoms in total. The first-order valence-electron chi connectivity index (χ1n) is 10.4. The molecule has 1 N–H and O–H groups in total. The van der Waals surface area contributed by atoms with Gasteiger partial charge in [0.25, 0.3) is 5.69 Å². The van der Waals surface area contributed by atoms with E-state index in [2.05, 4.69) is 14.9 Å². The zero-order valence-electron chi connectivity index (χ0n) is 18.4. The number of nitro benzene ring substituents is 1. The van der Waals surface area contributed by atoms with Crippen LogP contribution >= 0.6 is 11.8 Å². The van der Waals surface area contributed by atoms with Gasteiger partial charge in [-0.15, -0.1) is 10.2 Å².